The van der Waals surface area contributed by atoms with Gasteiger partial charge < -0.3 is 9.84 Å². The van der Waals surface area contributed by atoms with Crippen LogP contribution in [0.3, 0.4) is 0 Å². The molecule has 18 heavy (non-hydrogen) atoms. The minimum absolute atomic E-state index is 0.445. The smallest absolute Gasteiger partial charge is 0.127 e. The van der Waals surface area contributed by atoms with Crippen LogP contribution in [0.25, 0.3) is 0 Å². The minimum atomic E-state index is -0.445. The summed E-state index contributed by atoms with van der Waals surface area (Å²) in [4.78, 5) is 1.21. The van der Waals surface area contributed by atoms with E-state index in [-0.39, 0.29) is 0 Å². The van der Waals surface area contributed by atoms with Gasteiger partial charge >= 0.3 is 0 Å². The average molecular weight is 260 g/mol. The van der Waals surface area contributed by atoms with Gasteiger partial charge in [0.15, 0.2) is 0 Å². The summed E-state index contributed by atoms with van der Waals surface area (Å²) in [6.07, 6.45) is 1.60. The van der Waals surface area contributed by atoms with E-state index >= 15 is 0 Å². The van der Waals surface area contributed by atoms with E-state index in [1.165, 1.54) is 4.90 Å². The topological polar surface area (TPSA) is 29.5 Å². The second-order valence-corrected chi connectivity index (χ2v) is 4.90. The predicted octanol–water partition coefficient (Wildman–Crippen LogP) is 4.25. The molecule has 1 N–H and O–H groups in total. The Morgan fingerprint density at radius 2 is 1.44 bits per heavy atom. The number of aliphatic hydroxyl groups is 1. The van der Waals surface area contributed by atoms with Gasteiger partial charge in [-0.3, -0.25) is 0 Å². The van der Waals surface area contributed by atoms with Crippen LogP contribution in [0.1, 0.15) is 18.6 Å². The van der Waals surface area contributed by atoms with Gasteiger partial charge in [-0.1, -0.05) is 12.1 Å². The Morgan fingerprint density at radius 3 is 1.89 bits per heavy atom. The van der Waals surface area contributed by atoms with Gasteiger partial charge in [-0.05, 0) is 55.1 Å². The van der Waals surface area contributed by atoms with E-state index in [0.717, 1.165) is 17.1 Å². The highest BCUT2D eigenvalue weighted by molar-refractivity contribution is 7.98. The Balaban J connectivity index is 2.08. The number of hydrogen-bond acceptors (Lipinski definition) is 3. The van der Waals surface area contributed by atoms with Crippen molar-refractivity contribution in [1.82, 2.24) is 0 Å². The zero-order chi connectivity index (χ0) is 13.0. The summed E-state index contributed by atoms with van der Waals surface area (Å²) in [6, 6.07) is 15.4. The summed E-state index contributed by atoms with van der Waals surface area (Å²) >= 11 is 1.71. The lowest BCUT2D eigenvalue weighted by Gasteiger charge is -2.08. The van der Waals surface area contributed by atoms with Gasteiger partial charge in [-0.25, -0.2) is 0 Å². The van der Waals surface area contributed by atoms with Crippen molar-refractivity contribution in [2.45, 2.75) is 17.9 Å². The van der Waals surface area contributed by atoms with Crippen LogP contribution in [0.2, 0.25) is 0 Å². The molecule has 0 aliphatic heterocycles. The highest BCUT2D eigenvalue weighted by atomic mass is 32.2. The molecule has 3 heteroatoms. The fourth-order valence-corrected chi connectivity index (χ4v) is 2.00. The summed E-state index contributed by atoms with van der Waals surface area (Å²) in [5.74, 6) is 1.59. The van der Waals surface area contributed by atoms with Crippen LogP contribution in [0.5, 0.6) is 11.5 Å². The molecule has 0 heterocycles. The number of ether oxygens (including phenoxy) is 1. The summed E-state index contributed by atoms with van der Waals surface area (Å²) < 4.78 is 5.72. The van der Waals surface area contributed by atoms with E-state index in [0.29, 0.717) is 0 Å². The third-order valence-electron chi connectivity index (χ3n) is 2.66. The fraction of sp³-hybridized carbons (Fsp3) is 0.200. The van der Waals surface area contributed by atoms with Crippen molar-refractivity contribution in [2.75, 3.05) is 6.26 Å². The van der Waals surface area contributed by atoms with Gasteiger partial charge in [-0.2, -0.15) is 0 Å². The summed E-state index contributed by atoms with van der Waals surface area (Å²) in [6.45, 7) is 1.75. The highest BCUT2D eigenvalue weighted by Crippen LogP contribution is 2.25. The van der Waals surface area contributed by atoms with Crippen molar-refractivity contribution in [2.24, 2.45) is 0 Å². The SMILES string of the molecule is CSc1ccc(Oc2ccc(C(C)O)cc2)cc1. The first kappa shape index (κ1) is 13.0. The van der Waals surface area contributed by atoms with Crippen molar-refractivity contribution >= 4 is 11.8 Å². The van der Waals surface area contributed by atoms with E-state index in [4.69, 9.17) is 4.74 Å². The number of rotatable bonds is 4. The largest absolute Gasteiger partial charge is 0.457 e. The quantitative estimate of drug-likeness (QED) is 0.833. The van der Waals surface area contributed by atoms with Crippen LogP contribution in [0.4, 0.5) is 0 Å². The minimum Gasteiger partial charge on any atom is -0.457 e. The molecule has 0 spiro atoms. The molecular formula is C15H16O2S. The maximum atomic E-state index is 9.42. The zero-order valence-corrected chi connectivity index (χ0v) is 11.3. The summed E-state index contributed by atoms with van der Waals surface area (Å²) in [7, 11) is 0. The lowest BCUT2D eigenvalue weighted by atomic mass is 10.1. The van der Waals surface area contributed by atoms with Gasteiger partial charge in [0.05, 0.1) is 6.10 Å². The number of thioether (sulfide) groups is 1. The molecule has 0 radical (unpaired) electrons. The lowest BCUT2D eigenvalue weighted by molar-refractivity contribution is 0.199. The molecule has 0 aromatic heterocycles. The average Bonchev–Trinajstić information content (AvgIpc) is 2.40. The zero-order valence-electron chi connectivity index (χ0n) is 10.5. The van der Waals surface area contributed by atoms with Gasteiger partial charge in [0.25, 0.3) is 0 Å². The fourth-order valence-electron chi connectivity index (χ4n) is 1.59. The first-order chi connectivity index (χ1) is 8.69. The second kappa shape index (κ2) is 5.94. The molecule has 0 fully saturated rings. The summed E-state index contributed by atoms with van der Waals surface area (Å²) in [5.41, 5.74) is 0.889. The number of aliphatic hydroxyl groups excluding tert-OH is 1. The molecule has 1 atom stereocenters. The van der Waals surface area contributed by atoms with Crippen molar-refractivity contribution < 1.29 is 9.84 Å². The van der Waals surface area contributed by atoms with Crippen molar-refractivity contribution in [3.05, 3.63) is 54.1 Å². The van der Waals surface area contributed by atoms with Crippen molar-refractivity contribution in [1.29, 1.82) is 0 Å². The Labute approximate surface area is 112 Å². The Kier molecular flexibility index (Phi) is 4.28. The highest BCUT2D eigenvalue weighted by Gasteiger charge is 2.01. The standard InChI is InChI=1S/C15H16O2S/c1-11(16)12-3-5-13(6-4-12)17-14-7-9-15(18-2)10-8-14/h3-11,16H,1-2H3. The molecular weight excluding hydrogens is 244 g/mol. The van der Waals surface area contributed by atoms with E-state index in [1.54, 1.807) is 18.7 Å². The molecule has 0 bridgehead atoms. The van der Waals surface area contributed by atoms with Crippen LogP contribution in [0.15, 0.2) is 53.4 Å². The summed E-state index contributed by atoms with van der Waals surface area (Å²) in [5, 5.41) is 9.42. The predicted molar refractivity (Wildman–Crippen MR) is 75.4 cm³/mol. The molecule has 0 aliphatic carbocycles. The Bertz CT molecular complexity index is 489. The van der Waals surface area contributed by atoms with Crippen molar-refractivity contribution in [3.63, 3.8) is 0 Å². The Morgan fingerprint density at radius 1 is 0.944 bits per heavy atom. The normalized spacial score (nSPS) is 12.2. The van der Waals surface area contributed by atoms with Gasteiger partial charge in [0, 0.05) is 4.90 Å². The molecule has 2 rings (SSSR count). The molecule has 2 aromatic rings. The monoisotopic (exact) mass is 260 g/mol. The second-order valence-electron chi connectivity index (χ2n) is 4.02. The van der Waals surface area contributed by atoms with Gasteiger partial charge in [0.1, 0.15) is 11.5 Å². The third-order valence-corrected chi connectivity index (χ3v) is 3.40. The maximum Gasteiger partial charge on any atom is 0.127 e. The van der Waals surface area contributed by atoms with Crippen LogP contribution in [-0.2, 0) is 0 Å². The number of benzene rings is 2. The molecule has 0 amide bonds. The molecule has 1 unspecified atom stereocenters. The molecule has 94 valence electrons. The van der Waals surface area contributed by atoms with Crippen LogP contribution < -0.4 is 4.74 Å². The lowest BCUT2D eigenvalue weighted by Crippen LogP contribution is -1.90. The van der Waals surface area contributed by atoms with Gasteiger partial charge in [-0.15, -0.1) is 11.8 Å². The molecule has 0 saturated heterocycles. The molecule has 0 aliphatic rings. The third kappa shape index (κ3) is 3.28. The van der Waals surface area contributed by atoms with Crippen LogP contribution in [-0.4, -0.2) is 11.4 Å². The molecule has 2 aromatic carbocycles. The van der Waals surface area contributed by atoms with Gasteiger partial charge in [0.2, 0.25) is 0 Å². The van der Waals surface area contributed by atoms with Crippen LogP contribution >= 0.6 is 11.8 Å². The first-order valence-electron chi connectivity index (χ1n) is 5.79. The number of hydrogen-bond donors (Lipinski definition) is 1. The molecule has 0 saturated carbocycles. The van der Waals surface area contributed by atoms with E-state index in [2.05, 4.69) is 0 Å². The van der Waals surface area contributed by atoms with E-state index in [9.17, 15) is 5.11 Å². The Hall–Kier alpha value is -1.45. The molecule has 2 nitrogen and oxygen atoms in total. The van der Waals surface area contributed by atoms with E-state index in [1.807, 2.05) is 54.8 Å². The van der Waals surface area contributed by atoms with E-state index < -0.39 is 6.10 Å². The first-order valence-corrected chi connectivity index (χ1v) is 7.01. The maximum absolute atomic E-state index is 9.42. The van der Waals surface area contributed by atoms with Crippen LogP contribution in [0, 0.1) is 0 Å². The van der Waals surface area contributed by atoms with Crippen molar-refractivity contribution in [3.8, 4) is 11.5 Å².